The molecule has 0 radical (unpaired) electrons. The van der Waals surface area contributed by atoms with Gasteiger partial charge in [0.1, 0.15) is 6.10 Å². The minimum Gasteiger partial charge on any atom is -0.481 e. The van der Waals surface area contributed by atoms with E-state index in [-0.39, 0.29) is 24.4 Å². The second-order valence-corrected chi connectivity index (χ2v) is 5.38. The fraction of sp³-hybridized carbons (Fsp3) is 0.500. The third kappa shape index (κ3) is 3.25. The number of carbonyl (C=O) groups excluding carboxylic acids is 2. The molecule has 0 bridgehead atoms. The maximum absolute atomic E-state index is 12.5. The van der Waals surface area contributed by atoms with Gasteiger partial charge in [-0.2, -0.15) is 4.68 Å². The summed E-state index contributed by atoms with van der Waals surface area (Å²) in [5.74, 6) is -2.69. The zero-order chi connectivity index (χ0) is 18.9. The Morgan fingerprint density at radius 1 is 1.24 bits per heavy atom. The predicted octanol–water partition coefficient (Wildman–Crippen LogP) is -1.36. The van der Waals surface area contributed by atoms with Crippen LogP contribution in [0, 0.1) is 0 Å². The lowest BCUT2D eigenvalue weighted by Gasteiger charge is -2.26. The average molecular weight is 355 g/mol. The molecule has 1 aliphatic heterocycles. The van der Waals surface area contributed by atoms with E-state index < -0.39 is 41.8 Å². The van der Waals surface area contributed by atoms with Gasteiger partial charge >= 0.3 is 29.3 Å². The van der Waals surface area contributed by atoms with Crippen LogP contribution in [-0.4, -0.2) is 50.2 Å². The molecule has 1 atom stereocenters. The van der Waals surface area contributed by atoms with Crippen molar-refractivity contribution in [2.45, 2.75) is 39.5 Å². The SMILES string of the molecule is COC(=O)C1=C(C)C(OC(C)=O)Cn2c(=O)n(CCC(=O)O)c(=O)n21. The molecule has 0 amide bonds. The van der Waals surface area contributed by atoms with E-state index in [1.165, 1.54) is 13.8 Å². The van der Waals surface area contributed by atoms with Crippen LogP contribution in [0.15, 0.2) is 15.2 Å². The van der Waals surface area contributed by atoms with Gasteiger partial charge in [-0.05, 0) is 6.92 Å². The summed E-state index contributed by atoms with van der Waals surface area (Å²) in [4.78, 5) is 59.0. The van der Waals surface area contributed by atoms with E-state index in [2.05, 4.69) is 4.74 Å². The van der Waals surface area contributed by atoms with Crippen molar-refractivity contribution in [1.29, 1.82) is 0 Å². The Balaban J connectivity index is 2.66. The number of hydrogen-bond donors (Lipinski definition) is 1. The number of fused-ring (bicyclic) bond motifs is 1. The molecule has 2 rings (SSSR count). The number of nitrogens with zero attached hydrogens (tertiary/aromatic N) is 3. The summed E-state index contributed by atoms with van der Waals surface area (Å²) in [5.41, 5.74) is -1.67. The molecule has 0 aromatic carbocycles. The maximum Gasteiger partial charge on any atom is 0.356 e. The number of aliphatic carboxylic acids is 1. The van der Waals surface area contributed by atoms with Gasteiger partial charge in [0.15, 0.2) is 5.70 Å². The highest BCUT2D eigenvalue weighted by Gasteiger charge is 2.35. The van der Waals surface area contributed by atoms with Gasteiger partial charge in [-0.25, -0.2) is 23.6 Å². The van der Waals surface area contributed by atoms with Crippen LogP contribution in [0.25, 0.3) is 5.70 Å². The number of aromatic nitrogens is 3. The zero-order valence-electron chi connectivity index (χ0n) is 13.8. The molecule has 11 nitrogen and oxygen atoms in total. The van der Waals surface area contributed by atoms with Gasteiger partial charge in [0.05, 0.1) is 20.1 Å². The minimum atomic E-state index is -1.18. The van der Waals surface area contributed by atoms with Crippen LogP contribution in [0.5, 0.6) is 0 Å². The van der Waals surface area contributed by atoms with Gasteiger partial charge in [-0.15, -0.1) is 0 Å². The highest BCUT2D eigenvalue weighted by Crippen LogP contribution is 2.22. The van der Waals surface area contributed by atoms with Crippen molar-refractivity contribution in [1.82, 2.24) is 13.9 Å². The number of carboxylic acid groups (broad SMARTS) is 1. The Bertz CT molecular complexity index is 885. The Kier molecular flexibility index (Phi) is 4.95. The summed E-state index contributed by atoms with van der Waals surface area (Å²) < 4.78 is 12.2. The van der Waals surface area contributed by atoms with Crippen molar-refractivity contribution in [3.05, 3.63) is 26.5 Å². The van der Waals surface area contributed by atoms with Crippen molar-refractivity contribution < 1.29 is 29.0 Å². The zero-order valence-corrected chi connectivity index (χ0v) is 13.8. The first kappa shape index (κ1) is 18.2. The number of methoxy groups -OCH3 is 1. The summed E-state index contributed by atoms with van der Waals surface area (Å²) in [6.07, 6.45) is -1.37. The van der Waals surface area contributed by atoms with Crippen molar-refractivity contribution in [2.24, 2.45) is 0 Å². The third-order valence-corrected chi connectivity index (χ3v) is 3.75. The summed E-state index contributed by atoms with van der Waals surface area (Å²) in [7, 11) is 1.10. The maximum atomic E-state index is 12.5. The van der Waals surface area contributed by atoms with E-state index in [0.29, 0.717) is 4.57 Å². The quantitative estimate of drug-likeness (QED) is 0.639. The van der Waals surface area contributed by atoms with Crippen LogP contribution in [0.4, 0.5) is 0 Å². The first-order valence-corrected chi connectivity index (χ1v) is 7.30. The molecule has 0 spiro atoms. The van der Waals surface area contributed by atoms with E-state index in [0.717, 1.165) is 16.5 Å². The molecular weight excluding hydrogens is 338 g/mol. The molecule has 0 saturated carbocycles. The summed E-state index contributed by atoms with van der Waals surface area (Å²) in [6, 6.07) is 0. The van der Waals surface area contributed by atoms with Crippen LogP contribution >= 0.6 is 0 Å². The van der Waals surface area contributed by atoms with Crippen molar-refractivity contribution >= 4 is 23.6 Å². The average Bonchev–Trinajstić information content (AvgIpc) is 2.76. The number of esters is 2. The molecule has 136 valence electrons. The number of ether oxygens (including phenoxy) is 2. The normalized spacial score (nSPS) is 16.4. The van der Waals surface area contributed by atoms with Gasteiger partial charge in [0, 0.05) is 19.0 Å². The lowest BCUT2D eigenvalue weighted by Crippen LogP contribution is -2.41. The molecule has 1 N–H and O–H groups in total. The molecule has 25 heavy (non-hydrogen) atoms. The second kappa shape index (κ2) is 6.79. The molecule has 1 unspecified atom stereocenters. The summed E-state index contributed by atoms with van der Waals surface area (Å²) in [6.45, 7) is 2.12. The molecule has 1 aromatic rings. The first-order chi connectivity index (χ1) is 11.7. The summed E-state index contributed by atoms with van der Waals surface area (Å²) in [5, 5.41) is 8.75. The van der Waals surface area contributed by atoms with Crippen LogP contribution in [0.3, 0.4) is 0 Å². The number of rotatable bonds is 5. The monoisotopic (exact) mass is 355 g/mol. The van der Waals surface area contributed by atoms with Crippen LogP contribution in [0.2, 0.25) is 0 Å². The van der Waals surface area contributed by atoms with Gasteiger partial charge < -0.3 is 14.6 Å². The minimum absolute atomic E-state index is 0.181. The predicted molar refractivity (Wildman–Crippen MR) is 81.7 cm³/mol. The Labute approximate surface area is 140 Å². The van der Waals surface area contributed by atoms with E-state index in [9.17, 15) is 24.0 Å². The van der Waals surface area contributed by atoms with Crippen LogP contribution < -0.4 is 11.4 Å². The molecule has 0 saturated heterocycles. The fourth-order valence-corrected chi connectivity index (χ4v) is 2.58. The smallest absolute Gasteiger partial charge is 0.356 e. The largest absolute Gasteiger partial charge is 0.481 e. The molecule has 2 heterocycles. The van der Waals surface area contributed by atoms with Crippen molar-refractivity contribution in [3.8, 4) is 0 Å². The van der Waals surface area contributed by atoms with Gasteiger partial charge in [0.25, 0.3) is 0 Å². The topological polar surface area (TPSA) is 139 Å². The fourth-order valence-electron chi connectivity index (χ4n) is 2.58. The summed E-state index contributed by atoms with van der Waals surface area (Å²) >= 11 is 0. The number of carboxylic acids is 1. The highest BCUT2D eigenvalue weighted by molar-refractivity contribution is 6.11. The van der Waals surface area contributed by atoms with Gasteiger partial charge in [0.2, 0.25) is 0 Å². The molecule has 0 aliphatic carbocycles. The van der Waals surface area contributed by atoms with Crippen LogP contribution in [0.1, 0.15) is 20.3 Å². The van der Waals surface area contributed by atoms with Gasteiger partial charge in [-0.3, -0.25) is 9.59 Å². The van der Waals surface area contributed by atoms with Crippen LogP contribution in [-0.2, 0) is 36.9 Å². The molecule has 1 aliphatic rings. The number of carbonyl (C=O) groups is 3. The van der Waals surface area contributed by atoms with E-state index in [1.807, 2.05) is 0 Å². The van der Waals surface area contributed by atoms with E-state index >= 15 is 0 Å². The van der Waals surface area contributed by atoms with Gasteiger partial charge in [-0.1, -0.05) is 0 Å². The number of hydrogen-bond acceptors (Lipinski definition) is 7. The van der Waals surface area contributed by atoms with Crippen molar-refractivity contribution in [3.63, 3.8) is 0 Å². The standard InChI is InChI=1S/C14H17N3O8/c1-7-9(25-8(2)18)6-16-13(22)15(5-4-10(19)20)14(23)17(16)11(7)12(21)24-3/h9H,4-6H2,1-3H3,(H,19,20). The first-order valence-electron chi connectivity index (χ1n) is 7.30. The van der Waals surface area contributed by atoms with E-state index in [4.69, 9.17) is 9.84 Å². The highest BCUT2D eigenvalue weighted by atomic mass is 16.5. The Morgan fingerprint density at radius 3 is 2.40 bits per heavy atom. The Hall–Kier alpha value is -3.11. The molecule has 0 fully saturated rings. The Morgan fingerprint density at radius 2 is 1.88 bits per heavy atom. The molecule has 11 heteroatoms. The molecule has 1 aromatic heterocycles. The van der Waals surface area contributed by atoms with E-state index in [1.54, 1.807) is 0 Å². The third-order valence-electron chi connectivity index (χ3n) is 3.75. The lowest BCUT2D eigenvalue weighted by molar-refractivity contribution is -0.146. The lowest BCUT2D eigenvalue weighted by atomic mass is 10.1. The second-order valence-electron chi connectivity index (χ2n) is 5.38. The molecular formula is C14H17N3O8. The van der Waals surface area contributed by atoms with Crippen molar-refractivity contribution in [2.75, 3.05) is 7.11 Å².